The number of rotatable bonds is 3. The largest absolute Gasteiger partial charge is 0.268 e. The van der Waals surface area contributed by atoms with E-state index in [-0.39, 0.29) is 0 Å². The van der Waals surface area contributed by atoms with Gasteiger partial charge in [-0.25, -0.2) is 0 Å². The standard InChI is InChI=1S/C19H15N5S/c1-2-10-20-15(4-1)19-18(17-5-3-11-24(17)22-19)14-8-6-13(7-9-14)16-12-21-25-23-16/h1-2,4,6-10,12H,3,5,11H2. The van der Waals surface area contributed by atoms with E-state index in [2.05, 4.69) is 42.7 Å². The van der Waals surface area contributed by atoms with E-state index in [0.717, 1.165) is 42.0 Å². The second-order valence-corrected chi connectivity index (χ2v) is 6.64. The molecule has 6 heteroatoms. The minimum atomic E-state index is 0.918. The Morgan fingerprint density at radius 2 is 1.84 bits per heavy atom. The summed E-state index contributed by atoms with van der Waals surface area (Å²) in [6.45, 7) is 0.984. The van der Waals surface area contributed by atoms with Gasteiger partial charge in [0.1, 0.15) is 11.4 Å². The first kappa shape index (κ1) is 14.5. The van der Waals surface area contributed by atoms with E-state index in [1.54, 1.807) is 6.20 Å². The molecular formula is C19H15N5S. The first-order valence-electron chi connectivity index (χ1n) is 8.29. The Balaban J connectivity index is 1.64. The van der Waals surface area contributed by atoms with Crippen molar-refractivity contribution in [3.63, 3.8) is 0 Å². The molecule has 0 saturated heterocycles. The molecular weight excluding hydrogens is 330 g/mol. The van der Waals surface area contributed by atoms with Crippen molar-refractivity contribution < 1.29 is 0 Å². The highest BCUT2D eigenvalue weighted by atomic mass is 32.1. The third-order valence-electron chi connectivity index (χ3n) is 4.58. The molecule has 0 atom stereocenters. The van der Waals surface area contributed by atoms with Crippen molar-refractivity contribution in [3.8, 4) is 33.8 Å². The van der Waals surface area contributed by atoms with Crippen molar-refractivity contribution in [2.75, 3.05) is 0 Å². The van der Waals surface area contributed by atoms with Crippen molar-refractivity contribution in [1.82, 2.24) is 23.5 Å². The van der Waals surface area contributed by atoms with Gasteiger partial charge in [0, 0.05) is 29.6 Å². The molecule has 0 amide bonds. The van der Waals surface area contributed by atoms with Crippen LogP contribution in [0.15, 0.2) is 54.9 Å². The fraction of sp³-hybridized carbons (Fsp3) is 0.158. The third kappa shape index (κ3) is 2.46. The zero-order chi connectivity index (χ0) is 16.6. The van der Waals surface area contributed by atoms with Crippen LogP contribution in [0.1, 0.15) is 12.1 Å². The van der Waals surface area contributed by atoms with Crippen LogP contribution in [0.2, 0.25) is 0 Å². The van der Waals surface area contributed by atoms with Gasteiger partial charge in [0.25, 0.3) is 0 Å². The highest BCUT2D eigenvalue weighted by Gasteiger charge is 2.24. The van der Waals surface area contributed by atoms with Crippen molar-refractivity contribution in [3.05, 3.63) is 60.6 Å². The molecule has 0 N–H and O–H groups in total. The summed E-state index contributed by atoms with van der Waals surface area (Å²) in [7, 11) is 0. The maximum absolute atomic E-state index is 4.84. The van der Waals surface area contributed by atoms with Crippen LogP contribution >= 0.6 is 11.7 Å². The molecule has 1 aliphatic rings. The van der Waals surface area contributed by atoms with Crippen LogP contribution in [-0.2, 0) is 13.0 Å². The Hall–Kier alpha value is -2.86. The zero-order valence-electron chi connectivity index (χ0n) is 13.5. The van der Waals surface area contributed by atoms with Gasteiger partial charge in [-0.15, -0.1) is 0 Å². The van der Waals surface area contributed by atoms with E-state index >= 15 is 0 Å². The monoisotopic (exact) mass is 345 g/mol. The summed E-state index contributed by atoms with van der Waals surface area (Å²) in [5, 5.41) is 4.84. The molecule has 0 aliphatic carbocycles. The molecule has 1 aliphatic heterocycles. The first-order valence-corrected chi connectivity index (χ1v) is 9.02. The number of aryl methyl sites for hydroxylation is 1. The van der Waals surface area contributed by atoms with Gasteiger partial charge >= 0.3 is 0 Å². The lowest BCUT2D eigenvalue weighted by molar-refractivity contribution is 0.658. The molecule has 122 valence electrons. The molecule has 0 fully saturated rings. The SMILES string of the molecule is c1ccc(-c2nn3c(c2-c2ccc(-c4cnsn4)cc2)CCC3)nc1. The number of aromatic nitrogens is 5. The predicted molar refractivity (Wildman–Crippen MR) is 98.1 cm³/mol. The average molecular weight is 345 g/mol. The van der Waals surface area contributed by atoms with Gasteiger partial charge in [0.2, 0.25) is 0 Å². The van der Waals surface area contributed by atoms with Gasteiger partial charge in [-0.1, -0.05) is 30.3 Å². The van der Waals surface area contributed by atoms with Gasteiger partial charge in [0.15, 0.2) is 0 Å². The summed E-state index contributed by atoms with van der Waals surface area (Å²) in [6.07, 6.45) is 5.84. The second kappa shape index (κ2) is 5.89. The lowest BCUT2D eigenvalue weighted by Crippen LogP contribution is -1.94. The van der Waals surface area contributed by atoms with E-state index < -0.39 is 0 Å². The van der Waals surface area contributed by atoms with Gasteiger partial charge < -0.3 is 0 Å². The van der Waals surface area contributed by atoms with Crippen molar-refractivity contribution >= 4 is 11.7 Å². The summed E-state index contributed by atoms with van der Waals surface area (Å²) >= 11 is 1.23. The summed E-state index contributed by atoms with van der Waals surface area (Å²) in [4.78, 5) is 4.51. The molecule has 0 bridgehead atoms. The van der Waals surface area contributed by atoms with Crippen LogP contribution < -0.4 is 0 Å². The molecule has 1 aromatic carbocycles. The number of hydrogen-bond acceptors (Lipinski definition) is 5. The molecule has 25 heavy (non-hydrogen) atoms. The quantitative estimate of drug-likeness (QED) is 0.561. The molecule has 3 aromatic heterocycles. The Morgan fingerprint density at radius 3 is 2.60 bits per heavy atom. The van der Waals surface area contributed by atoms with E-state index in [0.29, 0.717) is 0 Å². The number of pyridine rings is 1. The van der Waals surface area contributed by atoms with Gasteiger partial charge in [0.05, 0.1) is 23.6 Å². The topological polar surface area (TPSA) is 56.5 Å². The maximum atomic E-state index is 4.84. The van der Waals surface area contributed by atoms with Crippen LogP contribution in [-0.4, -0.2) is 23.5 Å². The van der Waals surface area contributed by atoms with Gasteiger partial charge in [-0.2, -0.15) is 13.8 Å². The molecule has 5 rings (SSSR count). The minimum Gasteiger partial charge on any atom is -0.268 e. The van der Waals surface area contributed by atoms with Crippen molar-refractivity contribution in [2.24, 2.45) is 0 Å². The Morgan fingerprint density at radius 1 is 0.960 bits per heavy atom. The summed E-state index contributed by atoms with van der Waals surface area (Å²) in [5.41, 5.74) is 7.59. The molecule has 0 saturated carbocycles. The zero-order valence-corrected chi connectivity index (χ0v) is 14.3. The highest BCUT2D eigenvalue weighted by Crippen LogP contribution is 2.37. The molecule has 5 nitrogen and oxygen atoms in total. The summed E-state index contributed by atoms with van der Waals surface area (Å²) in [6, 6.07) is 14.5. The third-order valence-corrected chi connectivity index (χ3v) is 5.06. The van der Waals surface area contributed by atoms with E-state index in [4.69, 9.17) is 5.10 Å². The normalized spacial score (nSPS) is 13.1. The lowest BCUT2D eigenvalue weighted by Gasteiger charge is -2.06. The van der Waals surface area contributed by atoms with Gasteiger partial charge in [-0.3, -0.25) is 9.67 Å². The Labute approximate surface area is 149 Å². The summed E-state index contributed by atoms with van der Waals surface area (Å²) in [5.74, 6) is 0. The predicted octanol–water partition coefficient (Wildman–Crippen LogP) is 4.08. The first-order chi connectivity index (χ1) is 12.4. The highest BCUT2D eigenvalue weighted by molar-refractivity contribution is 6.99. The van der Waals surface area contributed by atoms with Gasteiger partial charge in [-0.05, 0) is 30.5 Å². The van der Waals surface area contributed by atoms with E-state index in [1.807, 2.05) is 24.4 Å². The minimum absolute atomic E-state index is 0.918. The molecule has 0 spiro atoms. The Bertz CT molecular complexity index is 1000. The summed E-state index contributed by atoms with van der Waals surface area (Å²) < 4.78 is 10.5. The van der Waals surface area contributed by atoms with Crippen molar-refractivity contribution in [1.29, 1.82) is 0 Å². The molecule has 0 radical (unpaired) electrons. The molecule has 4 heterocycles. The maximum Gasteiger partial charge on any atom is 0.119 e. The van der Waals surface area contributed by atoms with Crippen LogP contribution in [0.3, 0.4) is 0 Å². The second-order valence-electron chi connectivity index (χ2n) is 6.08. The van der Waals surface area contributed by atoms with Crippen molar-refractivity contribution in [2.45, 2.75) is 19.4 Å². The van der Waals surface area contributed by atoms with Crippen LogP contribution in [0.5, 0.6) is 0 Å². The fourth-order valence-corrected chi connectivity index (χ4v) is 3.85. The fourth-order valence-electron chi connectivity index (χ4n) is 3.42. The average Bonchev–Trinajstić information content (AvgIpc) is 3.39. The molecule has 4 aromatic rings. The van der Waals surface area contributed by atoms with Crippen LogP contribution in [0.4, 0.5) is 0 Å². The van der Waals surface area contributed by atoms with E-state index in [9.17, 15) is 0 Å². The lowest BCUT2D eigenvalue weighted by atomic mass is 9.98. The smallest absolute Gasteiger partial charge is 0.119 e. The van der Waals surface area contributed by atoms with Crippen LogP contribution in [0, 0.1) is 0 Å². The number of benzene rings is 1. The number of fused-ring (bicyclic) bond motifs is 1. The molecule has 0 unspecified atom stereocenters. The van der Waals surface area contributed by atoms with Crippen LogP contribution in [0.25, 0.3) is 33.8 Å². The van der Waals surface area contributed by atoms with E-state index in [1.165, 1.54) is 28.5 Å². The number of nitrogens with zero attached hydrogens (tertiary/aromatic N) is 5. The Kier molecular flexibility index (Phi) is 3.41. The number of hydrogen-bond donors (Lipinski definition) is 0.